The molecule has 0 radical (unpaired) electrons. The third-order valence-electron chi connectivity index (χ3n) is 4.22. The smallest absolute Gasteiger partial charge is 0.261 e. The van der Waals surface area contributed by atoms with Crippen molar-refractivity contribution in [1.29, 1.82) is 0 Å². The highest BCUT2D eigenvalue weighted by atomic mass is 79.9. The van der Waals surface area contributed by atoms with E-state index in [0.717, 1.165) is 17.3 Å². The molecule has 1 atom stereocenters. The number of hydrogen-bond acceptors (Lipinski definition) is 3. The number of fused-ring (bicyclic) bond motifs is 1. The molecule has 0 fully saturated rings. The van der Waals surface area contributed by atoms with Crippen LogP contribution in [0.15, 0.2) is 64.1 Å². The van der Waals surface area contributed by atoms with Crippen molar-refractivity contribution in [1.82, 2.24) is 14.9 Å². The monoisotopic (exact) mass is 413 g/mol. The van der Waals surface area contributed by atoms with E-state index in [1.165, 1.54) is 16.5 Å². The summed E-state index contributed by atoms with van der Waals surface area (Å²) in [6.07, 6.45) is 3.16. The normalized spacial score (nSPS) is 12.1. The second-order valence-electron chi connectivity index (χ2n) is 6.33. The van der Waals surface area contributed by atoms with Gasteiger partial charge >= 0.3 is 0 Å². The van der Waals surface area contributed by atoms with Crippen molar-refractivity contribution in [3.8, 4) is 0 Å². The fourth-order valence-electron chi connectivity index (χ4n) is 2.82. The predicted octanol–water partition coefficient (Wildman–Crippen LogP) is 3.30. The largest absolute Gasteiger partial charge is 0.352 e. The Bertz CT molecular complexity index is 970. The number of halogens is 1. The number of carbonyl (C=O) groups excluding carboxylic acids is 1. The molecular formula is C20H20BrN3O2. The molecule has 1 aromatic heterocycles. The lowest BCUT2D eigenvalue weighted by Gasteiger charge is -2.14. The van der Waals surface area contributed by atoms with Crippen molar-refractivity contribution in [3.05, 3.63) is 75.2 Å². The van der Waals surface area contributed by atoms with Crippen molar-refractivity contribution in [2.75, 3.05) is 0 Å². The van der Waals surface area contributed by atoms with E-state index in [1.54, 1.807) is 12.1 Å². The maximum atomic E-state index is 12.5. The summed E-state index contributed by atoms with van der Waals surface area (Å²) < 4.78 is 2.15. The summed E-state index contributed by atoms with van der Waals surface area (Å²) in [4.78, 5) is 29.1. The number of carbonyl (C=O) groups is 1. The summed E-state index contributed by atoms with van der Waals surface area (Å²) in [6.45, 7) is 1.93. The molecule has 0 aliphatic heterocycles. The molecule has 0 bridgehead atoms. The van der Waals surface area contributed by atoms with Crippen molar-refractivity contribution in [3.63, 3.8) is 0 Å². The number of nitrogens with zero attached hydrogens (tertiary/aromatic N) is 2. The van der Waals surface area contributed by atoms with Crippen LogP contribution in [0.3, 0.4) is 0 Å². The van der Waals surface area contributed by atoms with Crippen LogP contribution in [0.1, 0.15) is 18.9 Å². The van der Waals surface area contributed by atoms with Gasteiger partial charge in [0, 0.05) is 10.5 Å². The van der Waals surface area contributed by atoms with Crippen LogP contribution in [-0.4, -0.2) is 21.5 Å². The average molecular weight is 414 g/mol. The van der Waals surface area contributed by atoms with Crippen LogP contribution in [0.5, 0.6) is 0 Å². The zero-order valence-corrected chi connectivity index (χ0v) is 16.1. The van der Waals surface area contributed by atoms with E-state index in [4.69, 9.17) is 0 Å². The summed E-state index contributed by atoms with van der Waals surface area (Å²) in [6, 6.07) is 15.5. The first-order valence-corrected chi connectivity index (χ1v) is 9.30. The van der Waals surface area contributed by atoms with Crippen molar-refractivity contribution in [2.45, 2.75) is 32.4 Å². The highest BCUT2D eigenvalue weighted by molar-refractivity contribution is 9.10. The minimum Gasteiger partial charge on any atom is -0.352 e. The van der Waals surface area contributed by atoms with Crippen LogP contribution in [0.2, 0.25) is 0 Å². The molecule has 0 saturated carbocycles. The number of amides is 1. The molecule has 26 heavy (non-hydrogen) atoms. The number of rotatable bonds is 6. The van der Waals surface area contributed by atoms with Gasteiger partial charge in [0.2, 0.25) is 5.91 Å². The topological polar surface area (TPSA) is 64.0 Å². The van der Waals surface area contributed by atoms with Crippen LogP contribution >= 0.6 is 15.9 Å². The minimum atomic E-state index is -0.219. The number of nitrogens with one attached hydrogen (secondary N) is 1. The van der Waals surface area contributed by atoms with Gasteiger partial charge in [-0.15, -0.1) is 0 Å². The Balaban J connectivity index is 1.62. The van der Waals surface area contributed by atoms with Crippen molar-refractivity contribution in [2.24, 2.45) is 0 Å². The van der Waals surface area contributed by atoms with E-state index in [0.29, 0.717) is 10.9 Å². The molecule has 2 aromatic carbocycles. The molecule has 3 rings (SSSR count). The highest BCUT2D eigenvalue weighted by Crippen LogP contribution is 2.14. The second kappa shape index (κ2) is 8.27. The van der Waals surface area contributed by atoms with Gasteiger partial charge in [0.1, 0.15) is 6.54 Å². The average Bonchev–Trinajstić information content (AvgIpc) is 2.63. The van der Waals surface area contributed by atoms with E-state index in [-0.39, 0.29) is 24.1 Å². The van der Waals surface area contributed by atoms with E-state index in [2.05, 4.69) is 38.4 Å². The fraction of sp³-hybridized carbons (Fsp3) is 0.250. The van der Waals surface area contributed by atoms with Gasteiger partial charge in [-0.1, -0.05) is 46.3 Å². The summed E-state index contributed by atoms with van der Waals surface area (Å²) in [5.74, 6) is -0.191. The van der Waals surface area contributed by atoms with Gasteiger partial charge < -0.3 is 5.32 Å². The Kier molecular flexibility index (Phi) is 5.83. The molecule has 0 spiro atoms. The minimum absolute atomic E-state index is 0.0287. The molecule has 0 aliphatic carbocycles. The molecule has 1 unspecified atom stereocenters. The van der Waals surface area contributed by atoms with E-state index in [1.807, 2.05) is 31.2 Å². The first-order valence-electron chi connectivity index (χ1n) is 8.51. The Morgan fingerprint density at radius 2 is 2.00 bits per heavy atom. The third-order valence-corrected chi connectivity index (χ3v) is 4.71. The van der Waals surface area contributed by atoms with Gasteiger partial charge in [0.05, 0.1) is 17.2 Å². The Morgan fingerprint density at radius 3 is 2.77 bits per heavy atom. The van der Waals surface area contributed by atoms with Gasteiger partial charge in [0.15, 0.2) is 0 Å². The molecule has 1 amide bonds. The molecule has 1 heterocycles. The quantitative estimate of drug-likeness (QED) is 0.673. The first-order chi connectivity index (χ1) is 12.5. The molecule has 1 N–H and O–H groups in total. The second-order valence-corrected chi connectivity index (χ2v) is 7.25. The van der Waals surface area contributed by atoms with E-state index < -0.39 is 0 Å². The lowest BCUT2D eigenvalue weighted by atomic mass is 10.1. The van der Waals surface area contributed by atoms with Crippen LogP contribution in [0.25, 0.3) is 10.9 Å². The van der Waals surface area contributed by atoms with E-state index in [9.17, 15) is 9.59 Å². The summed E-state index contributed by atoms with van der Waals surface area (Å²) >= 11 is 3.36. The third kappa shape index (κ3) is 4.58. The van der Waals surface area contributed by atoms with Gasteiger partial charge in [-0.05, 0) is 43.5 Å². The first kappa shape index (κ1) is 18.3. The zero-order valence-electron chi connectivity index (χ0n) is 14.5. The van der Waals surface area contributed by atoms with Crippen LogP contribution in [0.4, 0.5) is 0 Å². The van der Waals surface area contributed by atoms with E-state index >= 15 is 0 Å². The molecule has 0 saturated heterocycles. The number of aromatic nitrogens is 2. The molecule has 6 heteroatoms. The summed E-state index contributed by atoms with van der Waals surface area (Å²) in [7, 11) is 0. The fourth-order valence-corrected chi connectivity index (χ4v) is 3.18. The van der Waals surface area contributed by atoms with Crippen LogP contribution < -0.4 is 10.9 Å². The Labute approximate surface area is 160 Å². The van der Waals surface area contributed by atoms with Gasteiger partial charge in [0.25, 0.3) is 5.56 Å². The maximum Gasteiger partial charge on any atom is 0.261 e. The van der Waals surface area contributed by atoms with Crippen molar-refractivity contribution < 1.29 is 4.79 Å². The van der Waals surface area contributed by atoms with Crippen LogP contribution in [0, 0.1) is 0 Å². The van der Waals surface area contributed by atoms with Gasteiger partial charge in [-0.3, -0.25) is 14.2 Å². The Morgan fingerprint density at radius 1 is 1.23 bits per heavy atom. The lowest BCUT2D eigenvalue weighted by molar-refractivity contribution is -0.122. The lowest BCUT2D eigenvalue weighted by Crippen LogP contribution is -2.37. The van der Waals surface area contributed by atoms with Gasteiger partial charge in [-0.2, -0.15) is 0 Å². The Hall–Kier alpha value is -2.47. The van der Waals surface area contributed by atoms with Gasteiger partial charge in [-0.25, -0.2) is 4.98 Å². The van der Waals surface area contributed by atoms with Crippen LogP contribution in [-0.2, 0) is 17.8 Å². The number of benzene rings is 2. The molecule has 134 valence electrons. The maximum absolute atomic E-state index is 12.5. The zero-order chi connectivity index (χ0) is 18.5. The molecule has 3 aromatic rings. The predicted molar refractivity (Wildman–Crippen MR) is 106 cm³/mol. The number of aryl methyl sites for hydroxylation is 1. The standard InChI is InChI=1S/C20H20BrN3O2/c1-14(7-8-15-5-3-2-4-6-15)23-19(25)12-24-13-22-18-10-9-16(21)11-17(18)20(24)26/h2-6,9-11,13-14H,7-8,12H2,1H3,(H,23,25). The number of hydrogen-bond donors (Lipinski definition) is 1. The van der Waals surface area contributed by atoms with Crippen molar-refractivity contribution >= 4 is 32.7 Å². The molecular weight excluding hydrogens is 394 g/mol. The highest BCUT2D eigenvalue weighted by Gasteiger charge is 2.11. The summed E-state index contributed by atoms with van der Waals surface area (Å²) in [5.41, 5.74) is 1.64. The summed E-state index contributed by atoms with van der Waals surface area (Å²) in [5, 5.41) is 3.44. The SMILES string of the molecule is CC(CCc1ccccc1)NC(=O)Cn1cnc2ccc(Br)cc2c1=O. The molecule has 0 aliphatic rings. The molecule has 5 nitrogen and oxygen atoms in total.